The molecule has 178 valence electrons. The lowest BCUT2D eigenvalue weighted by molar-refractivity contribution is 0.628. The van der Waals surface area contributed by atoms with Crippen molar-refractivity contribution in [2.75, 3.05) is 36.2 Å². The summed E-state index contributed by atoms with van der Waals surface area (Å²) in [5.41, 5.74) is 3.39. The number of benzene rings is 1. The molecule has 0 saturated carbocycles. The third-order valence-electron chi connectivity index (χ3n) is 5.93. The number of anilines is 3. The van der Waals surface area contributed by atoms with E-state index in [0.717, 1.165) is 65.3 Å². The third kappa shape index (κ3) is 4.42. The fourth-order valence-electron chi connectivity index (χ4n) is 4.26. The first-order valence-corrected chi connectivity index (χ1v) is 13.5. The van der Waals surface area contributed by atoms with Gasteiger partial charge in [0.15, 0.2) is 16.6 Å². The number of thiazole rings is 1. The zero-order chi connectivity index (χ0) is 23.8. The molecule has 0 spiro atoms. The topological polar surface area (TPSA) is 78.7 Å². The van der Waals surface area contributed by atoms with Gasteiger partial charge < -0.3 is 9.80 Å². The Kier molecular flexibility index (Phi) is 6.32. The summed E-state index contributed by atoms with van der Waals surface area (Å²) < 4.78 is 29.8. The molecule has 1 fully saturated rings. The summed E-state index contributed by atoms with van der Waals surface area (Å²) in [6.07, 6.45) is 3.33. The van der Waals surface area contributed by atoms with Gasteiger partial charge in [-0.2, -0.15) is 4.52 Å². The zero-order valence-corrected chi connectivity index (χ0v) is 20.9. The Morgan fingerprint density at radius 3 is 2.76 bits per heavy atom. The lowest BCUT2D eigenvalue weighted by Crippen LogP contribution is -2.33. The van der Waals surface area contributed by atoms with Crippen molar-refractivity contribution in [3.63, 3.8) is 0 Å². The van der Waals surface area contributed by atoms with Gasteiger partial charge >= 0.3 is 0 Å². The normalized spacial score (nSPS) is 16.9. The predicted octanol–water partition coefficient (Wildman–Crippen LogP) is 3.78. The highest BCUT2D eigenvalue weighted by Crippen LogP contribution is 2.34. The number of hydrogen-bond donors (Lipinski definition) is 1. The fraction of sp³-hybridized carbons (Fsp3) is 0.348. The molecule has 4 heterocycles. The molecule has 1 aromatic carbocycles. The van der Waals surface area contributed by atoms with Crippen LogP contribution in [0.2, 0.25) is 0 Å². The summed E-state index contributed by atoms with van der Waals surface area (Å²) in [6, 6.07) is 10.5. The SMILES string of the molecule is CCc1nc2ccc(N3CCC(NS(C)=O)C3)nn2c1N(C)c1nc(-c2ccc(F)cc2)cs1. The minimum atomic E-state index is -1.03. The second-order valence-corrected chi connectivity index (χ2v) is 10.3. The van der Waals surface area contributed by atoms with E-state index in [9.17, 15) is 8.60 Å². The van der Waals surface area contributed by atoms with E-state index >= 15 is 0 Å². The van der Waals surface area contributed by atoms with Crippen molar-refractivity contribution in [1.29, 1.82) is 0 Å². The Labute approximate surface area is 204 Å². The van der Waals surface area contributed by atoms with Crippen molar-refractivity contribution < 1.29 is 8.60 Å². The number of halogens is 1. The minimum Gasteiger partial charge on any atom is -0.354 e. The van der Waals surface area contributed by atoms with Crippen LogP contribution < -0.4 is 14.5 Å². The van der Waals surface area contributed by atoms with Crippen molar-refractivity contribution in [1.82, 2.24) is 24.3 Å². The predicted molar refractivity (Wildman–Crippen MR) is 136 cm³/mol. The average molecular weight is 500 g/mol. The van der Waals surface area contributed by atoms with Crippen LogP contribution in [0, 0.1) is 5.82 Å². The van der Waals surface area contributed by atoms with Crippen molar-refractivity contribution in [2.45, 2.75) is 25.8 Å². The maximum absolute atomic E-state index is 13.3. The third-order valence-corrected chi connectivity index (χ3v) is 7.51. The Morgan fingerprint density at radius 1 is 1.24 bits per heavy atom. The molecule has 8 nitrogen and oxygen atoms in total. The number of fused-ring (bicyclic) bond motifs is 1. The van der Waals surface area contributed by atoms with Gasteiger partial charge in [0.05, 0.1) is 22.4 Å². The number of aromatic nitrogens is 4. The van der Waals surface area contributed by atoms with Crippen molar-refractivity contribution in [3.05, 3.63) is 53.3 Å². The number of hydrogen-bond acceptors (Lipinski definition) is 7. The van der Waals surface area contributed by atoms with Crippen LogP contribution in [-0.4, -0.2) is 56.2 Å². The molecule has 1 N–H and O–H groups in total. The van der Waals surface area contributed by atoms with Crippen molar-refractivity contribution in [2.24, 2.45) is 0 Å². The number of rotatable bonds is 7. The van der Waals surface area contributed by atoms with Gasteiger partial charge in [0.25, 0.3) is 0 Å². The molecule has 4 aromatic rings. The summed E-state index contributed by atoms with van der Waals surface area (Å²) in [5.74, 6) is 1.47. The molecule has 0 bridgehead atoms. The van der Waals surface area contributed by atoms with Crippen LogP contribution in [-0.2, 0) is 17.4 Å². The number of imidazole rings is 1. The molecule has 11 heteroatoms. The summed E-state index contributed by atoms with van der Waals surface area (Å²) in [4.78, 5) is 13.8. The molecule has 34 heavy (non-hydrogen) atoms. The fourth-order valence-corrected chi connectivity index (χ4v) is 5.72. The van der Waals surface area contributed by atoms with Crippen LogP contribution in [0.1, 0.15) is 19.0 Å². The van der Waals surface area contributed by atoms with E-state index in [2.05, 4.69) is 16.5 Å². The number of aryl methyl sites for hydroxylation is 1. The molecule has 0 radical (unpaired) electrons. The van der Waals surface area contributed by atoms with Crippen molar-refractivity contribution >= 4 is 44.7 Å². The summed E-state index contributed by atoms with van der Waals surface area (Å²) in [7, 11) is 0.934. The number of nitrogens with one attached hydrogen (secondary N) is 1. The van der Waals surface area contributed by atoms with E-state index in [4.69, 9.17) is 15.1 Å². The molecule has 3 aromatic heterocycles. The quantitative estimate of drug-likeness (QED) is 0.417. The van der Waals surface area contributed by atoms with Crippen LogP contribution >= 0.6 is 11.3 Å². The Balaban J connectivity index is 1.47. The van der Waals surface area contributed by atoms with Gasteiger partial charge in [-0.3, -0.25) is 0 Å². The lowest BCUT2D eigenvalue weighted by Gasteiger charge is -2.19. The van der Waals surface area contributed by atoms with Gasteiger partial charge in [-0.1, -0.05) is 6.92 Å². The molecule has 2 unspecified atom stereocenters. The lowest BCUT2D eigenvalue weighted by atomic mass is 10.2. The number of nitrogens with zero attached hydrogens (tertiary/aromatic N) is 6. The van der Waals surface area contributed by atoms with Crippen LogP contribution in [0.3, 0.4) is 0 Å². The molecule has 0 amide bonds. The van der Waals surface area contributed by atoms with E-state index < -0.39 is 11.0 Å². The van der Waals surface area contributed by atoms with Gasteiger partial charge in [0, 0.05) is 43.4 Å². The molecule has 5 rings (SSSR count). The molecule has 1 saturated heterocycles. The van der Waals surface area contributed by atoms with Crippen LogP contribution in [0.15, 0.2) is 41.8 Å². The van der Waals surface area contributed by atoms with Crippen LogP contribution in [0.4, 0.5) is 21.2 Å². The summed E-state index contributed by atoms with van der Waals surface area (Å²) in [6.45, 7) is 3.68. The zero-order valence-electron chi connectivity index (χ0n) is 19.2. The average Bonchev–Trinajstić information content (AvgIpc) is 3.56. The molecular formula is C23H26FN7OS2. The molecule has 1 aliphatic rings. The molecule has 2 atom stereocenters. The van der Waals surface area contributed by atoms with E-state index in [-0.39, 0.29) is 11.9 Å². The van der Waals surface area contributed by atoms with Crippen molar-refractivity contribution in [3.8, 4) is 11.3 Å². The first kappa shape index (κ1) is 22.9. The standard InChI is InChI=1S/C23H26FN7OS2/c1-4-18-22(29(2)23-26-19(14-33-23)15-5-7-16(24)8-6-15)31-20(25-18)9-10-21(27-31)30-12-11-17(13-30)28-34(3)32/h5-10,14,17,28H,4,11-13H2,1-3H3. The van der Waals surface area contributed by atoms with Gasteiger partial charge in [-0.25, -0.2) is 23.3 Å². The maximum atomic E-state index is 13.3. The Hall–Kier alpha value is -2.89. The highest BCUT2D eigenvalue weighted by molar-refractivity contribution is 7.82. The Bertz CT molecular complexity index is 1340. The van der Waals surface area contributed by atoms with E-state index in [1.165, 1.54) is 23.5 Å². The molecule has 0 aliphatic carbocycles. The first-order chi connectivity index (χ1) is 16.4. The van der Waals surface area contributed by atoms with E-state index in [1.807, 2.05) is 34.0 Å². The van der Waals surface area contributed by atoms with Gasteiger partial charge in [0.1, 0.15) is 11.6 Å². The smallest absolute Gasteiger partial charge is 0.191 e. The second kappa shape index (κ2) is 9.40. The van der Waals surface area contributed by atoms with Gasteiger partial charge in [-0.15, -0.1) is 16.4 Å². The van der Waals surface area contributed by atoms with E-state index in [1.54, 1.807) is 18.4 Å². The largest absolute Gasteiger partial charge is 0.354 e. The van der Waals surface area contributed by atoms with Crippen LogP contribution in [0.5, 0.6) is 0 Å². The maximum Gasteiger partial charge on any atom is 0.191 e. The Morgan fingerprint density at radius 2 is 2.03 bits per heavy atom. The van der Waals surface area contributed by atoms with Crippen LogP contribution in [0.25, 0.3) is 16.9 Å². The van der Waals surface area contributed by atoms with E-state index in [0.29, 0.717) is 0 Å². The highest BCUT2D eigenvalue weighted by atomic mass is 32.2. The summed E-state index contributed by atoms with van der Waals surface area (Å²) >= 11 is 1.52. The minimum absolute atomic E-state index is 0.180. The molecule has 1 aliphatic heterocycles. The van der Waals surface area contributed by atoms with Gasteiger partial charge in [-0.05, 0) is 49.2 Å². The first-order valence-electron chi connectivity index (χ1n) is 11.1. The van der Waals surface area contributed by atoms with Gasteiger partial charge in [0.2, 0.25) is 0 Å². The monoisotopic (exact) mass is 499 g/mol. The molecular weight excluding hydrogens is 473 g/mol. The highest BCUT2D eigenvalue weighted by Gasteiger charge is 2.26. The second-order valence-electron chi connectivity index (χ2n) is 8.28. The summed E-state index contributed by atoms with van der Waals surface area (Å²) in [5, 5.41) is 7.71.